The monoisotopic (exact) mass is 299 g/mol. The molecule has 0 bridgehead atoms. The van der Waals surface area contributed by atoms with Crippen LogP contribution in [-0.4, -0.2) is 19.0 Å². The molecule has 7 heteroatoms. The predicted molar refractivity (Wildman–Crippen MR) is 76.1 cm³/mol. The smallest absolute Gasteiger partial charge is 0.193 e. The first-order valence-corrected chi connectivity index (χ1v) is 6.48. The van der Waals surface area contributed by atoms with Gasteiger partial charge in [0.25, 0.3) is 0 Å². The van der Waals surface area contributed by atoms with Gasteiger partial charge in [-0.25, -0.2) is 4.39 Å². The van der Waals surface area contributed by atoms with Crippen molar-refractivity contribution in [3.63, 3.8) is 0 Å². The molecule has 3 rings (SSSR count). The molecule has 0 saturated carbocycles. The van der Waals surface area contributed by atoms with Gasteiger partial charge in [0.1, 0.15) is 19.0 Å². The minimum atomic E-state index is -0.436. The predicted octanol–water partition coefficient (Wildman–Crippen LogP) is 3.77. The Morgan fingerprint density at radius 2 is 1.77 bits per heavy atom. The summed E-state index contributed by atoms with van der Waals surface area (Å²) in [4.78, 5) is 15.3. The second kappa shape index (κ2) is 5.75. The van der Waals surface area contributed by atoms with Crippen molar-refractivity contribution < 1.29 is 18.7 Å². The molecular weight excluding hydrogens is 289 g/mol. The van der Waals surface area contributed by atoms with Crippen LogP contribution < -0.4 is 9.47 Å². The highest BCUT2D eigenvalue weighted by Crippen LogP contribution is 2.37. The number of ether oxygens (including phenoxy) is 2. The van der Waals surface area contributed by atoms with Gasteiger partial charge in [-0.1, -0.05) is 5.11 Å². The molecule has 0 unspecified atom stereocenters. The quantitative estimate of drug-likeness (QED) is 0.374. The molecule has 1 aliphatic rings. The zero-order valence-corrected chi connectivity index (χ0v) is 11.3. The summed E-state index contributed by atoms with van der Waals surface area (Å²) in [5.41, 5.74) is 9.26. The molecule has 22 heavy (non-hydrogen) atoms. The Morgan fingerprint density at radius 1 is 1.14 bits per heavy atom. The molecule has 0 fully saturated rings. The minimum Gasteiger partial charge on any atom is -0.486 e. The fourth-order valence-corrected chi connectivity index (χ4v) is 2.15. The van der Waals surface area contributed by atoms with Gasteiger partial charge in [0, 0.05) is 16.0 Å². The number of halogens is 1. The SMILES string of the molecule is [N-]=[N+]=Nc1cc2c(cc1C(=O)c1ccc(F)cc1)OCCO2. The third kappa shape index (κ3) is 2.57. The van der Waals surface area contributed by atoms with Crippen molar-refractivity contribution in [2.45, 2.75) is 0 Å². The summed E-state index contributed by atoms with van der Waals surface area (Å²) in [6.45, 7) is 0.756. The van der Waals surface area contributed by atoms with Gasteiger partial charge in [-0.3, -0.25) is 4.79 Å². The van der Waals surface area contributed by atoms with Crippen LogP contribution in [0.15, 0.2) is 41.5 Å². The van der Waals surface area contributed by atoms with E-state index in [1.54, 1.807) is 0 Å². The number of rotatable bonds is 3. The van der Waals surface area contributed by atoms with Crippen molar-refractivity contribution in [3.8, 4) is 11.5 Å². The molecule has 0 saturated heterocycles. The molecule has 0 aliphatic carbocycles. The Bertz CT molecular complexity index is 783. The lowest BCUT2D eigenvalue weighted by atomic mass is 10.0. The molecule has 0 aromatic heterocycles. The third-order valence-corrected chi connectivity index (χ3v) is 3.16. The molecule has 1 aliphatic heterocycles. The number of hydrogen-bond donors (Lipinski definition) is 0. The number of hydrogen-bond acceptors (Lipinski definition) is 4. The van der Waals surface area contributed by atoms with Crippen molar-refractivity contribution >= 4 is 11.5 Å². The van der Waals surface area contributed by atoms with E-state index in [-0.39, 0.29) is 22.6 Å². The first-order valence-electron chi connectivity index (χ1n) is 6.48. The van der Waals surface area contributed by atoms with Crippen LogP contribution in [0.4, 0.5) is 10.1 Å². The summed E-state index contributed by atoms with van der Waals surface area (Å²) in [5.74, 6) is 0.00581. The van der Waals surface area contributed by atoms with Crippen LogP contribution in [0, 0.1) is 5.82 Å². The Morgan fingerprint density at radius 3 is 2.41 bits per heavy atom. The lowest BCUT2D eigenvalue weighted by Crippen LogP contribution is -2.16. The first kappa shape index (κ1) is 13.9. The van der Waals surface area contributed by atoms with Crippen molar-refractivity contribution in [3.05, 3.63) is 63.8 Å². The topological polar surface area (TPSA) is 84.3 Å². The second-order valence-electron chi connectivity index (χ2n) is 4.54. The van der Waals surface area contributed by atoms with E-state index in [4.69, 9.17) is 15.0 Å². The first-order chi connectivity index (χ1) is 10.7. The zero-order chi connectivity index (χ0) is 15.5. The van der Waals surface area contributed by atoms with E-state index in [9.17, 15) is 9.18 Å². The maximum Gasteiger partial charge on any atom is 0.193 e. The number of carbonyl (C=O) groups excluding carboxylic acids is 1. The number of fused-ring (bicyclic) bond motifs is 1. The molecule has 6 nitrogen and oxygen atoms in total. The second-order valence-corrected chi connectivity index (χ2v) is 4.54. The molecule has 0 atom stereocenters. The minimum absolute atomic E-state index is 0.140. The highest BCUT2D eigenvalue weighted by Gasteiger charge is 2.20. The van der Waals surface area contributed by atoms with Crippen LogP contribution >= 0.6 is 0 Å². The molecule has 1 heterocycles. The fraction of sp³-hybridized carbons (Fsp3) is 0.133. The van der Waals surface area contributed by atoms with Gasteiger partial charge >= 0.3 is 0 Å². The fourth-order valence-electron chi connectivity index (χ4n) is 2.15. The maximum absolute atomic E-state index is 13.0. The molecule has 0 amide bonds. The van der Waals surface area contributed by atoms with Crippen LogP contribution in [0.25, 0.3) is 10.4 Å². The molecule has 2 aromatic carbocycles. The van der Waals surface area contributed by atoms with Gasteiger partial charge < -0.3 is 9.47 Å². The van der Waals surface area contributed by atoms with Gasteiger partial charge in [-0.2, -0.15) is 0 Å². The summed E-state index contributed by atoms with van der Waals surface area (Å²) < 4.78 is 23.8. The van der Waals surface area contributed by atoms with Crippen LogP contribution in [0.5, 0.6) is 11.5 Å². The van der Waals surface area contributed by atoms with Crippen LogP contribution in [0.2, 0.25) is 0 Å². The Hall–Kier alpha value is -3.05. The molecular formula is C15H10FN3O3. The van der Waals surface area contributed by atoms with E-state index in [0.29, 0.717) is 24.7 Å². The zero-order valence-electron chi connectivity index (χ0n) is 11.3. The van der Waals surface area contributed by atoms with E-state index in [1.807, 2.05) is 0 Å². The van der Waals surface area contributed by atoms with Crippen LogP contribution in [-0.2, 0) is 0 Å². The van der Waals surface area contributed by atoms with E-state index >= 15 is 0 Å². The normalized spacial score (nSPS) is 12.4. The van der Waals surface area contributed by atoms with Gasteiger partial charge in [0.2, 0.25) is 0 Å². The molecule has 0 spiro atoms. The summed E-state index contributed by atoms with van der Waals surface area (Å²) in [6.07, 6.45) is 0. The molecule has 2 aromatic rings. The number of nitrogens with zero attached hydrogens (tertiary/aromatic N) is 3. The van der Waals surface area contributed by atoms with Gasteiger partial charge in [0.05, 0.1) is 5.69 Å². The van der Waals surface area contributed by atoms with Crippen LogP contribution in [0.3, 0.4) is 0 Å². The Kier molecular flexibility index (Phi) is 3.64. The summed E-state index contributed by atoms with van der Waals surface area (Å²) >= 11 is 0. The van der Waals surface area contributed by atoms with Crippen molar-refractivity contribution in [2.24, 2.45) is 5.11 Å². The Balaban J connectivity index is 2.09. The van der Waals surface area contributed by atoms with E-state index < -0.39 is 5.82 Å². The molecule has 0 radical (unpaired) electrons. The van der Waals surface area contributed by atoms with Crippen molar-refractivity contribution in [1.82, 2.24) is 0 Å². The largest absolute Gasteiger partial charge is 0.486 e. The van der Waals surface area contributed by atoms with Gasteiger partial charge in [-0.05, 0) is 41.9 Å². The highest BCUT2D eigenvalue weighted by molar-refractivity contribution is 6.12. The number of benzene rings is 2. The number of azide groups is 1. The molecule has 110 valence electrons. The van der Waals surface area contributed by atoms with E-state index in [2.05, 4.69) is 10.0 Å². The average molecular weight is 299 g/mol. The Labute approximate surface area is 124 Å². The summed E-state index contributed by atoms with van der Waals surface area (Å²) in [7, 11) is 0. The summed E-state index contributed by atoms with van der Waals surface area (Å²) in [6, 6.07) is 8.06. The maximum atomic E-state index is 13.0. The lowest BCUT2D eigenvalue weighted by Gasteiger charge is -2.19. The third-order valence-electron chi connectivity index (χ3n) is 3.16. The van der Waals surface area contributed by atoms with Gasteiger partial charge in [0.15, 0.2) is 17.3 Å². The van der Waals surface area contributed by atoms with Crippen LogP contribution in [0.1, 0.15) is 15.9 Å². The standard InChI is InChI=1S/C15H10FN3O3/c16-10-3-1-9(2-4-10)15(20)11-7-13-14(22-6-5-21-13)8-12(11)18-19-17/h1-4,7-8H,5-6H2. The van der Waals surface area contributed by atoms with E-state index in [0.717, 1.165) is 0 Å². The molecule has 0 N–H and O–H groups in total. The van der Waals surface area contributed by atoms with Crippen molar-refractivity contribution in [2.75, 3.05) is 13.2 Å². The number of carbonyl (C=O) groups is 1. The van der Waals surface area contributed by atoms with Crippen molar-refractivity contribution in [1.29, 1.82) is 0 Å². The lowest BCUT2D eigenvalue weighted by molar-refractivity contribution is 0.103. The highest BCUT2D eigenvalue weighted by atomic mass is 19.1. The summed E-state index contributed by atoms with van der Waals surface area (Å²) in [5, 5.41) is 3.53. The van der Waals surface area contributed by atoms with E-state index in [1.165, 1.54) is 36.4 Å². The van der Waals surface area contributed by atoms with Gasteiger partial charge in [-0.15, -0.1) is 0 Å². The number of ketones is 1. The average Bonchev–Trinajstić information content (AvgIpc) is 2.54.